The number of rotatable bonds is 5. The van der Waals surface area contributed by atoms with E-state index in [4.69, 9.17) is 0 Å². The molecule has 1 saturated carbocycles. The van der Waals surface area contributed by atoms with Gasteiger partial charge in [0.25, 0.3) is 0 Å². The van der Waals surface area contributed by atoms with Crippen LogP contribution in [-0.4, -0.2) is 29.9 Å². The number of likely N-dealkylation sites (tertiary alicyclic amines) is 1. The lowest BCUT2D eigenvalue weighted by Crippen LogP contribution is -2.45. The summed E-state index contributed by atoms with van der Waals surface area (Å²) < 4.78 is 0. The number of hydrogen-bond acceptors (Lipinski definition) is 2. The summed E-state index contributed by atoms with van der Waals surface area (Å²) in [6.07, 6.45) is 7.63. The van der Waals surface area contributed by atoms with Crippen molar-refractivity contribution in [2.45, 2.75) is 57.5 Å². The van der Waals surface area contributed by atoms with Crippen LogP contribution in [0.15, 0.2) is 30.3 Å². The highest BCUT2D eigenvalue weighted by molar-refractivity contribution is 5.82. The van der Waals surface area contributed by atoms with E-state index in [9.17, 15) is 4.79 Å². The van der Waals surface area contributed by atoms with Crippen LogP contribution in [0.4, 0.5) is 0 Å². The van der Waals surface area contributed by atoms with E-state index in [-0.39, 0.29) is 18.0 Å². The summed E-state index contributed by atoms with van der Waals surface area (Å²) in [6.45, 7) is 4.29. The third-order valence-corrected chi connectivity index (χ3v) is 5.29. The zero-order valence-electron chi connectivity index (χ0n) is 13.6. The summed E-state index contributed by atoms with van der Waals surface area (Å²) >= 11 is 0. The summed E-state index contributed by atoms with van der Waals surface area (Å²) in [4.78, 5) is 15.1. The number of amides is 1. The van der Waals surface area contributed by atoms with Crippen molar-refractivity contribution in [1.82, 2.24) is 10.2 Å². The molecule has 22 heavy (non-hydrogen) atoms. The predicted octanol–water partition coefficient (Wildman–Crippen LogP) is 3.52. The second-order valence-corrected chi connectivity index (χ2v) is 6.94. The maximum Gasteiger partial charge on any atom is 0.237 e. The molecular weight excluding hydrogens is 272 g/mol. The zero-order chi connectivity index (χ0) is 15.4. The lowest BCUT2D eigenvalue weighted by Gasteiger charge is -2.27. The van der Waals surface area contributed by atoms with Gasteiger partial charge < -0.3 is 5.32 Å². The van der Waals surface area contributed by atoms with Gasteiger partial charge in [-0.05, 0) is 50.6 Å². The second-order valence-electron chi connectivity index (χ2n) is 6.94. The Morgan fingerprint density at radius 3 is 2.64 bits per heavy atom. The highest BCUT2D eigenvalue weighted by Gasteiger charge is 2.33. The van der Waals surface area contributed by atoms with E-state index in [1.165, 1.54) is 31.2 Å². The lowest BCUT2D eigenvalue weighted by molar-refractivity contribution is -0.126. The minimum Gasteiger partial charge on any atom is -0.348 e. The summed E-state index contributed by atoms with van der Waals surface area (Å²) in [5.74, 6) is 1.03. The molecule has 1 aliphatic carbocycles. The number of benzene rings is 1. The van der Waals surface area contributed by atoms with Gasteiger partial charge in [0.2, 0.25) is 5.91 Å². The van der Waals surface area contributed by atoms with Gasteiger partial charge in [0.15, 0.2) is 0 Å². The molecule has 0 bridgehead atoms. The van der Waals surface area contributed by atoms with E-state index in [1.54, 1.807) is 0 Å². The van der Waals surface area contributed by atoms with Crippen molar-refractivity contribution in [3.05, 3.63) is 35.9 Å². The molecule has 3 heteroatoms. The Hall–Kier alpha value is -1.35. The number of carbonyl (C=O) groups excluding carboxylic acids is 1. The van der Waals surface area contributed by atoms with Gasteiger partial charge in [0.05, 0.1) is 12.1 Å². The first-order valence-electron chi connectivity index (χ1n) is 8.83. The van der Waals surface area contributed by atoms with Crippen LogP contribution in [0.2, 0.25) is 0 Å². The minimum atomic E-state index is 0.0858. The smallest absolute Gasteiger partial charge is 0.237 e. The molecular formula is C19H28N2O. The fourth-order valence-corrected chi connectivity index (χ4v) is 4.00. The van der Waals surface area contributed by atoms with Gasteiger partial charge in [-0.1, -0.05) is 43.2 Å². The SMILES string of the molecule is C[C@@H](NC(=O)[C@H]1CCCN1CC1CCCC1)c1ccccc1. The van der Waals surface area contributed by atoms with E-state index >= 15 is 0 Å². The monoisotopic (exact) mass is 300 g/mol. The topological polar surface area (TPSA) is 32.3 Å². The molecule has 1 aromatic carbocycles. The van der Waals surface area contributed by atoms with Crippen molar-refractivity contribution in [1.29, 1.82) is 0 Å². The minimum absolute atomic E-state index is 0.0858. The van der Waals surface area contributed by atoms with Crippen LogP contribution in [0.1, 0.15) is 57.1 Å². The van der Waals surface area contributed by atoms with Gasteiger partial charge in [-0.25, -0.2) is 0 Å². The molecule has 2 fully saturated rings. The molecule has 0 unspecified atom stereocenters. The normalized spacial score (nSPS) is 24.5. The largest absolute Gasteiger partial charge is 0.348 e. The third-order valence-electron chi connectivity index (χ3n) is 5.29. The van der Waals surface area contributed by atoms with Crippen LogP contribution < -0.4 is 5.32 Å². The van der Waals surface area contributed by atoms with Gasteiger partial charge in [0, 0.05) is 6.54 Å². The van der Waals surface area contributed by atoms with Crippen molar-refractivity contribution in [2.75, 3.05) is 13.1 Å². The van der Waals surface area contributed by atoms with Crippen molar-refractivity contribution in [3.63, 3.8) is 0 Å². The first-order chi connectivity index (χ1) is 10.7. The summed E-state index contributed by atoms with van der Waals surface area (Å²) in [7, 11) is 0. The van der Waals surface area contributed by atoms with E-state index in [0.717, 1.165) is 31.8 Å². The van der Waals surface area contributed by atoms with Crippen LogP contribution >= 0.6 is 0 Å². The highest BCUT2D eigenvalue weighted by Crippen LogP contribution is 2.28. The third kappa shape index (κ3) is 3.70. The molecule has 2 aliphatic rings. The molecule has 1 aliphatic heterocycles. The average Bonchev–Trinajstić information content (AvgIpc) is 3.20. The fourth-order valence-electron chi connectivity index (χ4n) is 4.00. The molecule has 0 aromatic heterocycles. The summed E-state index contributed by atoms with van der Waals surface area (Å²) in [6, 6.07) is 10.4. The Balaban J connectivity index is 1.56. The first-order valence-corrected chi connectivity index (χ1v) is 8.83. The maximum atomic E-state index is 12.7. The molecule has 0 spiro atoms. The zero-order valence-corrected chi connectivity index (χ0v) is 13.6. The van der Waals surface area contributed by atoms with Crippen LogP contribution in [0.3, 0.4) is 0 Å². The Labute approximate surface area is 134 Å². The molecule has 3 rings (SSSR count). The molecule has 1 N–H and O–H groups in total. The average molecular weight is 300 g/mol. The van der Waals surface area contributed by atoms with Crippen molar-refractivity contribution in [3.8, 4) is 0 Å². The highest BCUT2D eigenvalue weighted by atomic mass is 16.2. The van der Waals surface area contributed by atoms with Crippen LogP contribution in [0.5, 0.6) is 0 Å². The second kappa shape index (κ2) is 7.28. The van der Waals surface area contributed by atoms with Crippen LogP contribution in [-0.2, 0) is 4.79 Å². The fraction of sp³-hybridized carbons (Fsp3) is 0.632. The maximum absolute atomic E-state index is 12.7. The summed E-state index contributed by atoms with van der Waals surface area (Å²) in [5.41, 5.74) is 1.18. The van der Waals surface area contributed by atoms with Gasteiger partial charge in [-0.15, -0.1) is 0 Å². The molecule has 1 saturated heterocycles. The molecule has 0 radical (unpaired) electrons. The van der Waals surface area contributed by atoms with Crippen molar-refractivity contribution in [2.24, 2.45) is 5.92 Å². The van der Waals surface area contributed by atoms with Crippen LogP contribution in [0, 0.1) is 5.92 Å². The van der Waals surface area contributed by atoms with E-state index in [1.807, 2.05) is 18.2 Å². The Morgan fingerprint density at radius 1 is 1.18 bits per heavy atom. The molecule has 2 atom stereocenters. The molecule has 1 amide bonds. The number of nitrogens with zero attached hydrogens (tertiary/aromatic N) is 1. The van der Waals surface area contributed by atoms with Crippen molar-refractivity contribution >= 4 is 5.91 Å². The van der Waals surface area contributed by atoms with E-state index in [0.29, 0.717) is 0 Å². The van der Waals surface area contributed by atoms with Gasteiger partial charge in [-0.2, -0.15) is 0 Å². The van der Waals surface area contributed by atoms with E-state index < -0.39 is 0 Å². The van der Waals surface area contributed by atoms with Gasteiger partial charge in [0.1, 0.15) is 0 Å². The number of carbonyl (C=O) groups is 1. The molecule has 3 nitrogen and oxygen atoms in total. The number of nitrogens with one attached hydrogen (secondary N) is 1. The Morgan fingerprint density at radius 2 is 1.91 bits per heavy atom. The first kappa shape index (κ1) is 15.5. The molecule has 1 heterocycles. The van der Waals surface area contributed by atoms with Crippen LogP contribution in [0.25, 0.3) is 0 Å². The summed E-state index contributed by atoms with van der Waals surface area (Å²) in [5, 5.41) is 3.21. The molecule has 120 valence electrons. The molecule has 1 aromatic rings. The van der Waals surface area contributed by atoms with Gasteiger partial charge in [-0.3, -0.25) is 9.69 Å². The number of hydrogen-bond donors (Lipinski definition) is 1. The quantitative estimate of drug-likeness (QED) is 0.902. The predicted molar refractivity (Wildman–Crippen MR) is 89.6 cm³/mol. The Bertz CT molecular complexity index is 481. The van der Waals surface area contributed by atoms with E-state index in [2.05, 4.69) is 29.3 Å². The van der Waals surface area contributed by atoms with Gasteiger partial charge >= 0.3 is 0 Å². The Kier molecular flexibility index (Phi) is 5.14. The standard InChI is InChI=1S/C19H28N2O/c1-15(17-10-3-2-4-11-17)20-19(22)18-12-7-13-21(18)14-16-8-5-6-9-16/h2-4,10-11,15-16,18H,5-9,12-14H2,1H3,(H,20,22)/t15-,18-/m1/s1. The lowest BCUT2D eigenvalue weighted by atomic mass is 10.1. The van der Waals surface area contributed by atoms with Crippen molar-refractivity contribution < 1.29 is 4.79 Å².